The molecule has 0 fully saturated rings. The molecule has 1 N–H and O–H groups in total. The Hall–Kier alpha value is -1.03. The fourth-order valence-corrected chi connectivity index (χ4v) is 0.249. The topological polar surface area (TPSA) is 55.8 Å². The third-order valence-corrected chi connectivity index (χ3v) is 0.920. The average molecular weight is 260 g/mol. The largest absolute Gasteiger partial charge is 0.490 e. The Morgan fingerprint density at radius 3 is 1.56 bits per heavy atom. The molecule has 0 saturated heterocycles. The number of rotatable bonds is 1. The highest BCUT2D eigenvalue weighted by Gasteiger charge is 2.40. The highest BCUT2D eigenvalue weighted by atomic mass is 19.4. The van der Waals surface area contributed by atoms with Crippen molar-refractivity contribution in [3.05, 3.63) is 0 Å². The van der Waals surface area contributed by atoms with Crippen molar-refractivity contribution < 1.29 is 47.1 Å². The zero-order valence-electron chi connectivity index (χ0n) is 8.02. The normalized spacial score (nSPS) is 13.6. The second kappa shape index (κ2) is 6.53. The number of hydrogen-bond donors (Lipinski definition) is 1. The second-order valence-electron chi connectivity index (χ2n) is 2.12. The van der Waals surface area contributed by atoms with E-state index in [-0.39, 0.29) is 1.43 Å². The summed E-state index contributed by atoms with van der Waals surface area (Å²) in [6.07, 6.45) is -12.2. The standard InChI is InChI=1S/C3H5F3O2.C3H3F3O2.H2/c2*1-8-2(7)3(4,5)6;/h2,7H,1H3;1H3;1H. The lowest BCUT2D eigenvalue weighted by Gasteiger charge is -2.10. The Morgan fingerprint density at radius 2 is 1.56 bits per heavy atom. The van der Waals surface area contributed by atoms with Gasteiger partial charge in [0.2, 0.25) is 0 Å². The van der Waals surface area contributed by atoms with Crippen LogP contribution in [0.5, 0.6) is 0 Å². The first-order chi connectivity index (χ1) is 6.96. The van der Waals surface area contributed by atoms with E-state index in [1.165, 1.54) is 0 Å². The molecule has 0 rings (SSSR count). The lowest BCUT2D eigenvalue weighted by Crippen LogP contribution is -2.29. The minimum absolute atomic E-state index is 0. The molecule has 0 amide bonds. The van der Waals surface area contributed by atoms with Gasteiger partial charge in [-0.25, -0.2) is 4.79 Å². The number of carbonyl (C=O) groups is 1. The fourth-order valence-electron chi connectivity index (χ4n) is 0.249. The van der Waals surface area contributed by atoms with Crippen LogP contribution in [-0.4, -0.2) is 43.9 Å². The van der Waals surface area contributed by atoms with Gasteiger partial charge in [-0.1, -0.05) is 0 Å². The Bertz CT molecular complexity index is 216. The molecular formula is C6H10F6O4. The quantitative estimate of drug-likeness (QED) is 0.441. The summed E-state index contributed by atoms with van der Waals surface area (Å²) in [5, 5.41) is 7.85. The summed E-state index contributed by atoms with van der Waals surface area (Å²) in [6, 6.07) is 0. The average Bonchev–Trinajstić information content (AvgIpc) is 2.13. The molecule has 0 radical (unpaired) electrons. The van der Waals surface area contributed by atoms with E-state index >= 15 is 0 Å². The molecule has 0 aromatic carbocycles. The predicted octanol–water partition coefficient (Wildman–Crippen LogP) is 1.48. The van der Waals surface area contributed by atoms with Gasteiger partial charge >= 0.3 is 18.3 Å². The molecular weight excluding hydrogens is 250 g/mol. The first-order valence-corrected chi connectivity index (χ1v) is 3.39. The Kier molecular flexibility index (Phi) is 7.09. The van der Waals surface area contributed by atoms with Crippen LogP contribution >= 0.6 is 0 Å². The number of aliphatic hydroxyl groups excluding tert-OH is 1. The highest BCUT2D eigenvalue weighted by molar-refractivity contribution is 5.75. The Balaban J connectivity index is -0.000000218. The van der Waals surface area contributed by atoms with Crippen LogP contribution in [-0.2, 0) is 14.3 Å². The monoisotopic (exact) mass is 260 g/mol. The summed E-state index contributed by atoms with van der Waals surface area (Å²) in [4.78, 5) is 9.49. The molecule has 0 aliphatic heterocycles. The summed E-state index contributed by atoms with van der Waals surface area (Å²) >= 11 is 0. The second-order valence-corrected chi connectivity index (χ2v) is 2.12. The highest BCUT2D eigenvalue weighted by Crippen LogP contribution is 2.19. The number of hydrogen-bond acceptors (Lipinski definition) is 4. The van der Waals surface area contributed by atoms with Crippen molar-refractivity contribution in [3.63, 3.8) is 0 Å². The summed E-state index contributed by atoms with van der Waals surface area (Å²) in [5.74, 6) is -2.17. The molecule has 0 spiro atoms. The SMILES string of the molecule is COC(=O)C(F)(F)F.COC(O)C(F)(F)F.[HH]. The van der Waals surface area contributed by atoms with Crippen molar-refractivity contribution in [3.8, 4) is 0 Å². The molecule has 4 nitrogen and oxygen atoms in total. The summed E-state index contributed by atoms with van der Waals surface area (Å²) in [6.45, 7) is 0. The third kappa shape index (κ3) is 8.29. The van der Waals surface area contributed by atoms with Gasteiger partial charge in [-0.3, -0.25) is 0 Å². The van der Waals surface area contributed by atoms with Crippen LogP contribution in [0, 0.1) is 0 Å². The molecule has 1 atom stereocenters. The van der Waals surface area contributed by atoms with Gasteiger partial charge in [0.05, 0.1) is 7.11 Å². The molecule has 0 aromatic rings. The zero-order valence-corrected chi connectivity index (χ0v) is 8.02. The molecule has 10 heteroatoms. The van der Waals surface area contributed by atoms with E-state index in [1.54, 1.807) is 0 Å². The van der Waals surface area contributed by atoms with Crippen LogP contribution in [0.4, 0.5) is 26.3 Å². The van der Waals surface area contributed by atoms with Gasteiger partial charge in [-0.2, -0.15) is 26.3 Å². The molecule has 0 bridgehead atoms. The first kappa shape index (κ1) is 17.4. The minimum atomic E-state index is -4.85. The lowest BCUT2D eigenvalue weighted by molar-refractivity contribution is -0.285. The summed E-state index contributed by atoms with van der Waals surface area (Å²) in [7, 11) is 1.45. The number of alkyl halides is 6. The van der Waals surface area contributed by atoms with Gasteiger partial charge in [-0.05, 0) is 0 Å². The van der Waals surface area contributed by atoms with Crippen molar-refractivity contribution in [1.82, 2.24) is 0 Å². The van der Waals surface area contributed by atoms with E-state index in [9.17, 15) is 31.1 Å². The number of halogens is 6. The smallest absolute Gasteiger partial charge is 0.462 e. The van der Waals surface area contributed by atoms with E-state index in [0.29, 0.717) is 7.11 Å². The number of ether oxygens (including phenoxy) is 2. The molecule has 0 heterocycles. The van der Waals surface area contributed by atoms with E-state index in [0.717, 1.165) is 7.11 Å². The van der Waals surface area contributed by atoms with Gasteiger partial charge in [0.1, 0.15) is 0 Å². The van der Waals surface area contributed by atoms with Crippen LogP contribution in [0.15, 0.2) is 0 Å². The molecule has 0 aliphatic rings. The molecule has 1 unspecified atom stereocenters. The number of carbonyl (C=O) groups excluding carboxylic acids is 1. The van der Waals surface area contributed by atoms with Crippen LogP contribution < -0.4 is 0 Å². The Labute approximate surface area is 87.2 Å². The molecule has 0 aliphatic carbocycles. The van der Waals surface area contributed by atoms with Gasteiger partial charge in [0, 0.05) is 8.54 Å². The predicted molar refractivity (Wildman–Crippen MR) is 39.3 cm³/mol. The van der Waals surface area contributed by atoms with Crippen LogP contribution in [0.25, 0.3) is 0 Å². The van der Waals surface area contributed by atoms with Crippen molar-refractivity contribution in [2.75, 3.05) is 14.2 Å². The number of methoxy groups -OCH3 is 2. The molecule has 0 aromatic heterocycles. The molecule has 100 valence electrons. The summed E-state index contributed by atoms with van der Waals surface area (Å²) < 4.78 is 73.0. The van der Waals surface area contributed by atoms with E-state index < -0.39 is 24.6 Å². The maximum absolute atomic E-state index is 11.1. The Morgan fingerprint density at radius 1 is 1.19 bits per heavy atom. The van der Waals surface area contributed by atoms with Gasteiger partial charge in [0.25, 0.3) is 6.29 Å². The van der Waals surface area contributed by atoms with Gasteiger partial charge < -0.3 is 14.6 Å². The number of esters is 1. The first-order valence-electron chi connectivity index (χ1n) is 3.39. The van der Waals surface area contributed by atoms with Crippen LogP contribution in [0.1, 0.15) is 1.43 Å². The maximum Gasteiger partial charge on any atom is 0.490 e. The van der Waals surface area contributed by atoms with Gasteiger partial charge in [-0.15, -0.1) is 0 Å². The molecule has 16 heavy (non-hydrogen) atoms. The van der Waals surface area contributed by atoms with Crippen molar-refractivity contribution >= 4 is 5.97 Å². The molecule has 0 saturated carbocycles. The summed E-state index contributed by atoms with van der Waals surface area (Å²) in [5.41, 5.74) is 0. The van der Waals surface area contributed by atoms with Crippen molar-refractivity contribution in [2.45, 2.75) is 18.6 Å². The zero-order chi connectivity index (χ0) is 13.6. The van der Waals surface area contributed by atoms with Crippen LogP contribution in [0.3, 0.4) is 0 Å². The van der Waals surface area contributed by atoms with E-state index in [1.807, 2.05) is 0 Å². The van der Waals surface area contributed by atoms with Gasteiger partial charge in [0.15, 0.2) is 0 Å². The van der Waals surface area contributed by atoms with E-state index in [4.69, 9.17) is 5.11 Å². The lowest BCUT2D eigenvalue weighted by atomic mass is 10.6. The van der Waals surface area contributed by atoms with Crippen LogP contribution in [0.2, 0.25) is 0 Å². The maximum atomic E-state index is 11.1. The van der Waals surface area contributed by atoms with Crippen molar-refractivity contribution in [1.29, 1.82) is 0 Å². The third-order valence-electron chi connectivity index (χ3n) is 0.920. The minimum Gasteiger partial charge on any atom is -0.462 e. The van der Waals surface area contributed by atoms with Crippen molar-refractivity contribution in [2.24, 2.45) is 0 Å². The fraction of sp³-hybridized carbons (Fsp3) is 0.833. The van der Waals surface area contributed by atoms with E-state index in [2.05, 4.69) is 9.47 Å². The number of aliphatic hydroxyl groups is 1.